The van der Waals surface area contributed by atoms with E-state index in [9.17, 15) is 4.79 Å². The van der Waals surface area contributed by atoms with Gasteiger partial charge in [-0.25, -0.2) is 4.98 Å². The van der Waals surface area contributed by atoms with Crippen LogP contribution in [-0.2, 0) is 11.3 Å². The third-order valence-electron chi connectivity index (χ3n) is 5.24. The van der Waals surface area contributed by atoms with E-state index in [4.69, 9.17) is 0 Å². The van der Waals surface area contributed by atoms with Crippen molar-refractivity contribution in [2.45, 2.75) is 37.3 Å². The van der Waals surface area contributed by atoms with Crippen molar-refractivity contribution in [3.05, 3.63) is 52.5 Å². The number of piperidine rings is 1. The molecule has 0 unspecified atom stereocenters. The van der Waals surface area contributed by atoms with Gasteiger partial charge < -0.3 is 5.32 Å². The molecular weight excluding hydrogens is 306 g/mol. The zero-order valence-corrected chi connectivity index (χ0v) is 13.9. The van der Waals surface area contributed by atoms with E-state index in [1.54, 1.807) is 11.3 Å². The van der Waals surface area contributed by atoms with Gasteiger partial charge in [-0.15, -0.1) is 11.3 Å². The van der Waals surface area contributed by atoms with Crippen LogP contribution in [0.3, 0.4) is 0 Å². The van der Waals surface area contributed by atoms with Gasteiger partial charge in [0, 0.05) is 42.5 Å². The van der Waals surface area contributed by atoms with Crippen LogP contribution in [0, 0.1) is 0 Å². The van der Waals surface area contributed by atoms with E-state index in [2.05, 4.69) is 39.5 Å². The maximum absolute atomic E-state index is 12.1. The molecule has 1 atom stereocenters. The van der Waals surface area contributed by atoms with Crippen molar-refractivity contribution >= 4 is 17.2 Å². The molecule has 2 saturated heterocycles. The van der Waals surface area contributed by atoms with Gasteiger partial charge in [0.2, 0.25) is 5.91 Å². The molecule has 1 spiro atoms. The first kappa shape index (κ1) is 14.8. The van der Waals surface area contributed by atoms with E-state index in [1.807, 2.05) is 17.6 Å². The number of thiazole rings is 1. The molecule has 4 nitrogen and oxygen atoms in total. The van der Waals surface area contributed by atoms with E-state index >= 15 is 0 Å². The van der Waals surface area contributed by atoms with Gasteiger partial charge in [0.05, 0.1) is 6.54 Å². The molecule has 1 aromatic carbocycles. The summed E-state index contributed by atoms with van der Waals surface area (Å²) in [7, 11) is 0. The Morgan fingerprint density at radius 3 is 2.74 bits per heavy atom. The van der Waals surface area contributed by atoms with Gasteiger partial charge in [-0.3, -0.25) is 9.69 Å². The summed E-state index contributed by atoms with van der Waals surface area (Å²) in [5.41, 5.74) is 1.23. The SMILES string of the molecule is O=C1C[C@@H](c2ccccc2)C2(CCN(Cc3nccs3)CC2)N1. The first-order chi connectivity index (χ1) is 11.3. The normalized spacial score (nSPS) is 24.0. The molecule has 2 aromatic rings. The summed E-state index contributed by atoms with van der Waals surface area (Å²) in [6, 6.07) is 10.5. The van der Waals surface area contributed by atoms with Gasteiger partial charge in [-0.1, -0.05) is 30.3 Å². The van der Waals surface area contributed by atoms with E-state index < -0.39 is 0 Å². The number of hydrogen-bond donors (Lipinski definition) is 1. The Balaban J connectivity index is 1.49. The Morgan fingerprint density at radius 2 is 2.04 bits per heavy atom. The van der Waals surface area contributed by atoms with Gasteiger partial charge in [0.25, 0.3) is 0 Å². The standard InChI is InChI=1S/C18H21N3OS/c22-16-12-15(14-4-2-1-3-5-14)18(20-16)6-9-21(10-7-18)13-17-19-8-11-23-17/h1-5,8,11,15H,6-7,9-10,12-13H2,(H,20,22)/t15-/m0/s1. The number of nitrogens with zero attached hydrogens (tertiary/aromatic N) is 2. The van der Waals surface area contributed by atoms with Crippen LogP contribution in [0.15, 0.2) is 41.9 Å². The van der Waals surface area contributed by atoms with E-state index in [1.165, 1.54) is 10.6 Å². The van der Waals surface area contributed by atoms with Crippen molar-refractivity contribution in [2.24, 2.45) is 0 Å². The van der Waals surface area contributed by atoms with E-state index in [0.29, 0.717) is 12.3 Å². The van der Waals surface area contributed by atoms with Gasteiger partial charge in [-0.05, 0) is 18.4 Å². The molecule has 4 rings (SSSR count). The zero-order valence-electron chi connectivity index (χ0n) is 13.1. The molecule has 23 heavy (non-hydrogen) atoms. The Kier molecular flexibility index (Phi) is 3.91. The predicted octanol–water partition coefficient (Wildman–Crippen LogP) is 2.78. The molecule has 0 saturated carbocycles. The highest BCUT2D eigenvalue weighted by atomic mass is 32.1. The minimum absolute atomic E-state index is 0.0577. The summed E-state index contributed by atoms with van der Waals surface area (Å²) < 4.78 is 0. The Morgan fingerprint density at radius 1 is 1.26 bits per heavy atom. The monoisotopic (exact) mass is 327 g/mol. The summed E-state index contributed by atoms with van der Waals surface area (Å²) in [6.07, 6.45) is 4.53. The largest absolute Gasteiger partial charge is 0.350 e. The number of carbonyl (C=O) groups excluding carboxylic acids is 1. The number of carbonyl (C=O) groups is 1. The van der Waals surface area contributed by atoms with Crippen LogP contribution in [0.25, 0.3) is 0 Å². The van der Waals surface area contributed by atoms with Crippen LogP contribution in [0.5, 0.6) is 0 Å². The summed E-state index contributed by atoms with van der Waals surface area (Å²) in [5, 5.41) is 6.53. The molecule has 5 heteroatoms. The van der Waals surface area contributed by atoms with E-state index in [-0.39, 0.29) is 11.4 Å². The quantitative estimate of drug-likeness (QED) is 0.943. The smallest absolute Gasteiger partial charge is 0.221 e. The molecule has 0 aliphatic carbocycles. The number of benzene rings is 1. The molecule has 2 aliphatic heterocycles. The summed E-state index contributed by atoms with van der Waals surface area (Å²) in [4.78, 5) is 18.9. The van der Waals surface area contributed by atoms with Crippen molar-refractivity contribution < 1.29 is 4.79 Å². The van der Waals surface area contributed by atoms with Crippen molar-refractivity contribution in [3.63, 3.8) is 0 Å². The molecular formula is C18H21N3OS. The molecule has 0 bridgehead atoms. The minimum atomic E-state index is -0.0577. The minimum Gasteiger partial charge on any atom is -0.350 e. The van der Waals surface area contributed by atoms with Crippen molar-refractivity contribution in [3.8, 4) is 0 Å². The number of hydrogen-bond acceptors (Lipinski definition) is 4. The second-order valence-electron chi connectivity index (χ2n) is 6.57. The zero-order chi connectivity index (χ0) is 15.7. The molecule has 1 aromatic heterocycles. The second-order valence-corrected chi connectivity index (χ2v) is 7.55. The number of aromatic nitrogens is 1. The van der Waals surface area contributed by atoms with Gasteiger partial charge in [0.15, 0.2) is 0 Å². The van der Waals surface area contributed by atoms with Crippen molar-refractivity contribution in [2.75, 3.05) is 13.1 Å². The molecule has 1 amide bonds. The number of rotatable bonds is 3. The van der Waals surface area contributed by atoms with Crippen LogP contribution >= 0.6 is 11.3 Å². The number of amides is 1. The van der Waals surface area contributed by atoms with Crippen molar-refractivity contribution in [1.29, 1.82) is 0 Å². The molecule has 3 heterocycles. The highest BCUT2D eigenvalue weighted by molar-refractivity contribution is 7.09. The highest BCUT2D eigenvalue weighted by Crippen LogP contribution is 2.43. The van der Waals surface area contributed by atoms with Crippen LogP contribution < -0.4 is 5.32 Å². The van der Waals surface area contributed by atoms with Crippen LogP contribution in [-0.4, -0.2) is 34.4 Å². The Bertz CT molecular complexity index is 663. The summed E-state index contributed by atoms with van der Waals surface area (Å²) in [5.74, 6) is 0.505. The molecule has 0 radical (unpaired) electrons. The van der Waals surface area contributed by atoms with Crippen molar-refractivity contribution in [1.82, 2.24) is 15.2 Å². The fourth-order valence-corrected chi connectivity index (χ4v) is 4.68. The molecule has 2 fully saturated rings. The maximum Gasteiger partial charge on any atom is 0.221 e. The van der Waals surface area contributed by atoms with Crippen LogP contribution in [0.4, 0.5) is 0 Å². The average Bonchev–Trinajstić information content (AvgIpc) is 3.19. The lowest BCUT2D eigenvalue weighted by molar-refractivity contribution is -0.120. The molecule has 1 N–H and O–H groups in total. The Hall–Kier alpha value is -1.72. The van der Waals surface area contributed by atoms with Gasteiger partial charge in [0.1, 0.15) is 5.01 Å². The summed E-state index contributed by atoms with van der Waals surface area (Å²) >= 11 is 1.72. The fourth-order valence-electron chi connectivity index (χ4n) is 4.02. The summed E-state index contributed by atoms with van der Waals surface area (Å²) in [6.45, 7) is 2.96. The van der Waals surface area contributed by atoms with E-state index in [0.717, 1.165) is 32.5 Å². The second kappa shape index (κ2) is 6.06. The lowest BCUT2D eigenvalue weighted by Crippen LogP contribution is -2.53. The highest BCUT2D eigenvalue weighted by Gasteiger charge is 2.48. The third kappa shape index (κ3) is 2.91. The number of likely N-dealkylation sites (tertiary alicyclic amines) is 1. The molecule has 2 aliphatic rings. The fraction of sp³-hybridized carbons (Fsp3) is 0.444. The lowest BCUT2D eigenvalue weighted by atomic mass is 9.74. The maximum atomic E-state index is 12.1. The molecule has 120 valence electrons. The third-order valence-corrected chi connectivity index (χ3v) is 6.00. The first-order valence-corrected chi connectivity index (χ1v) is 9.10. The van der Waals surface area contributed by atoms with Gasteiger partial charge >= 0.3 is 0 Å². The Labute approximate surface area is 140 Å². The first-order valence-electron chi connectivity index (χ1n) is 8.22. The average molecular weight is 327 g/mol. The van der Waals surface area contributed by atoms with Crippen LogP contribution in [0.2, 0.25) is 0 Å². The van der Waals surface area contributed by atoms with Gasteiger partial charge in [-0.2, -0.15) is 0 Å². The van der Waals surface area contributed by atoms with Crippen LogP contribution in [0.1, 0.15) is 35.8 Å². The topological polar surface area (TPSA) is 45.2 Å². The lowest BCUT2D eigenvalue weighted by Gasteiger charge is -2.42. The predicted molar refractivity (Wildman–Crippen MR) is 91.3 cm³/mol. The number of nitrogens with one attached hydrogen (secondary N) is 1.